The molecule has 2 aromatic rings. The Labute approximate surface area is 237 Å². The number of anilines is 1. The molecule has 1 aliphatic rings. The lowest BCUT2D eigenvalue weighted by molar-refractivity contribution is -0.122. The number of alkyl halides is 2. The van der Waals surface area contributed by atoms with E-state index in [2.05, 4.69) is 25.8 Å². The Balaban J connectivity index is 0.00000171. The minimum Gasteiger partial charge on any atom is -0.483 e. The van der Waals surface area contributed by atoms with Gasteiger partial charge in [0.2, 0.25) is 0 Å². The second-order valence-corrected chi connectivity index (χ2v) is 8.99. The van der Waals surface area contributed by atoms with E-state index in [0.29, 0.717) is 11.4 Å². The molecule has 0 aromatic carbocycles. The van der Waals surface area contributed by atoms with Gasteiger partial charge >= 0.3 is 0 Å². The van der Waals surface area contributed by atoms with Crippen molar-refractivity contribution >= 4 is 17.9 Å². The standard InChI is InChI=1S/C23H32F2N6O.C3H8.C2H6.CH2O2/c1-3-7-16-8-11-20(32)31(14-16)15-19(29(2)27)21(26)17-9-10-18(22(28-17)23(24)25)30-12-5-4-6-13-30;1-3-2;1-2;2-1-3/h8-11,14,23H,3-7,12-13,15,26-27H2,1-2H3;3H2,1-2H3;1-2H3;1H,(H,2,3)/b21-19-;;;. The molecule has 11 heteroatoms. The SMILES string of the molecule is CC.CCC.CCCc1ccc(=O)n(C/C(=C(/N)c2ccc(N3CCCCC3)c(C(F)F)n2)N(C)N)c1.O=CO. The van der Waals surface area contributed by atoms with Gasteiger partial charge in [-0.25, -0.2) is 19.6 Å². The largest absolute Gasteiger partial charge is 0.483 e. The van der Waals surface area contributed by atoms with E-state index in [0.717, 1.165) is 50.8 Å². The molecule has 1 aliphatic heterocycles. The molecule has 0 atom stereocenters. The van der Waals surface area contributed by atoms with Crippen LogP contribution in [0, 0.1) is 0 Å². The Kier molecular flexibility index (Phi) is 18.7. The van der Waals surface area contributed by atoms with Gasteiger partial charge in [0.15, 0.2) is 0 Å². The van der Waals surface area contributed by atoms with E-state index in [1.54, 1.807) is 31.4 Å². The quantitative estimate of drug-likeness (QED) is 0.220. The van der Waals surface area contributed by atoms with Gasteiger partial charge in [-0.15, -0.1) is 0 Å². The molecule has 0 saturated carbocycles. The summed E-state index contributed by atoms with van der Waals surface area (Å²) in [7, 11) is 1.60. The molecule has 0 spiro atoms. The van der Waals surface area contributed by atoms with E-state index >= 15 is 0 Å². The van der Waals surface area contributed by atoms with Crippen molar-refractivity contribution in [1.29, 1.82) is 0 Å². The summed E-state index contributed by atoms with van der Waals surface area (Å²) in [5.74, 6) is 6.01. The van der Waals surface area contributed by atoms with Crippen LogP contribution in [0.25, 0.3) is 5.70 Å². The molecular formula is C29H48F2N6O3. The number of carbonyl (C=O) groups is 1. The van der Waals surface area contributed by atoms with Crippen molar-refractivity contribution in [1.82, 2.24) is 14.6 Å². The zero-order chi connectivity index (χ0) is 30.7. The van der Waals surface area contributed by atoms with Crippen LogP contribution in [-0.4, -0.2) is 46.3 Å². The van der Waals surface area contributed by atoms with Crippen LogP contribution in [-0.2, 0) is 17.8 Å². The first kappa shape index (κ1) is 36.5. The number of nitrogens with zero attached hydrogens (tertiary/aromatic N) is 4. The molecule has 3 heterocycles. The van der Waals surface area contributed by atoms with Gasteiger partial charge in [0, 0.05) is 32.4 Å². The topological polar surface area (TPSA) is 131 Å². The molecule has 0 radical (unpaired) electrons. The van der Waals surface area contributed by atoms with E-state index in [4.69, 9.17) is 21.5 Å². The van der Waals surface area contributed by atoms with Crippen LogP contribution in [0.3, 0.4) is 0 Å². The number of hydrazine groups is 1. The lowest BCUT2D eigenvalue weighted by Gasteiger charge is -2.30. The molecule has 9 nitrogen and oxygen atoms in total. The molecule has 5 N–H and O–H groups in total. The lowest BCUT2D eigenvalue weighted by Crippen LogP contribution is -2.33. The fourth-order valence-electron chi connectivity index (χ4n) is 4.02. The number of pyridine rings is 2. The van der Waals surface area contributed by atoms with Crippen LogP contribution < -0.4 is 22.0 Å². The van der Waals surface area contributed by atoms with Crippen molar-refractivity contribution in [3.05, 3.63) is 63.5 Å². The zero-order valence-electron chi connectivity index (χ0n) is 24.9. The number of likely N-dealkylation sites (N-methyl/N-ethyl adjacent to an activating group) is 1. The first-order valence-electron chi connectivity index (χ1n) is 13.9. The van der Waals surface area contributed by atoms with E-state index in [1.165, 1.54) is 22.1 Å². The number of halogens is 2. The lowest BCUT2D eigenvalue weighted by atomic mass is 10.1. The minimum atomic E-state index is -2.73. The highest BCUT2D eigenvalue weighted by molar-refractivity contribution is 5.65. The summed E-state index contributed by atoms with van der Waals surface area (Å²) >= 11 is 0. The van der Waals surface area contributed by atoms with Crippen molar-refractivity contribution in [2.24, 2.45) is 11.6 Å². The molecule has 0 aliphatic carbocycles. The number of nitrogens with two attached hydrogens (primary N) is 2. The predicted octanol–water partition coefficient (Wildman–Crippen LogP) is 5.40. The monoisotopic (exact) mass is 566 g/mol. The maximum Gasteiger partial charge on any atom is 0.290 e. The summed E-state index contributed by atoms with van der Waals surface area (Å²) in [6, 6.07) is 6.61. The maximum atomic E-state index is 13.9. The van der Waals surface area contributed by atoms with Crippen LogP contribution in [0.4, 0.5) is 14.5 Å². The van der Waals surface area contributed by atoms with E-state index < -0.39 is 6.43 Å². The molecule has 0 bridgehead atoms. The second kappa shape index (κ2) is 20.4. The third-order valence-corrected chi connectivity index (χ3v) is 5.72. The van der Waals surface area contributed by atoms with Crippen LogP contribution in [0.5, 0.6) is 0 Å². The van der Waals surface area contributed by atoms with Gasteiger partial charge in [-0.1, -0.05) is 53.5 Å². The summed E-state index contributed by atoms with van der Waals surface area (Å²) in [5, 5.41) is 8.19. The van der Waals surface area contributed by atoms with Gasteiger partial charge in [0.05, 0.1) is 29.3 Å². The fraction of sp³-hybridized carbons (Fsp3) is 0.552. The van der Waals surface area contributed by atoms with Crippen molar-refractivity contribution in [2.45, 2.75) is 86.1 Å². The second-order valence-electron chi connectivity index (χ2n) is 8.99. The zero-order valence-corrected chi connectivity index (χ0v) is 24.9. The molecule has 0 amide bonds. The van der Waals surface area contributed by atoms with Crippen LogP contribution >= 0.6 is 0 Å². The number of allylic oxidation sites excluding steroid dienone is 1. The summed E-state index contributed by atoms with van der Waals surface area (Å²) in [4.78, 5) is 26.9. The van der Waals surface area contributed by atoms with E-state index in [9.17, 15) is 13.6 Å². The third-order valence-electron chi connectivity index (χ3n) is 5.72. The van der Waals surface area contributed by atoms with Crippen molar-refractivity contribution in [2.75, 3.05) is 25.0 Å². The molecule has 226 valence electrons. The molecule has 0 unspecified atom stereocenters. The number of rotatable bonds is 8. The number of piperidine rings is 1. The van der Waals surface area contributed by atoms with Gasteiger partial charge in [-0.2, -0.15) is 0 Å². The van der Waals surface area contributed by atoms with E-state index in [1.807, 2.05) is 18.7 Å². The number of hydrogen-bond donors (Lipinski definition) is 3. The molecule has 1 fully saturated rings. The Morgan fingerprint density at radius 1 is 1.12 bits per heavy atom. The highest BCUT2D eigenvalue weighted by Crippen LogP contribution is 2.31. The predicted molar refractivity (Wildman–Crippen MR) is 159 cm³/mol. The van der Waals surface area contributed by atoms with E-state index in [-0.39, 0.29) is 35.7 Å². The highest BCUT2D eigenvalue weighted by Gasteiger charge is 2.23. The Hall–Kier alpha value is -3.47. The van der Waals surface area contributed by atoms with Gasteiger partial charge < -0.3 is 25.3 Å². The summed E-state index contributed by atoms with van der Waals surface area (Å²) in [5.41, 5.74) is 8.13. The number of aryl methyl sites for hydroxylation is 1. The van der Waals surface area contributed by atoms with Gasteiger partial charge in [0.25, 0.3) is 18.5 Å². The molecule has 1 saturated heterocycles. The summed E-state index contributed by atoms with van der Waals surface area (Å²) in [6.45, 7) is 11.6. The molecule has 3 rings (SSSR count). The minimum absolute atomic E-state index is 0.106. The molecule has 40 heavy (non-hydrogen) atoms. The number of carboxylic acid groups (broad SMARTS) is 1. The average molecular weight is 567 g/mol. The summed E-state index contributed by atoms with van der Waals surface area (Å²) < 4.78 is 29.3. The van der Waals surface area contributed by atoms with Crippen molar-refractivity contribution in [3.8, 4) is 0 Å². The van der Waals surface area contributed by atoms with Crippen LogP contribution in [0.2, 0.25) is 0 Å². The average Bonchev–Trinajstić information content (AvgIpc) is 2.95. The number of hydrogen-bond acceptors (Lipinski definition) is 7. The maximum absolute atomic E-state index is 13.9. The molecular weight excluding hydrogens is 518 g/mol. The molecule has 2 aromatic heterocycles. The van der Waals surface area contributed by atoms with Crippen molar-refractivity contribution in [3.63, 3.8) is 0 Å². The Bertz CT molecular complexity index is 1080. The van der Waals surface area contributed by atoms with Gasteiger partial charge in [-0.3, -0.25) is 9.59 Å². The number of aromatic nitrogens is 2. The summed E-state index contributed by atoms with van der Waals surface area (Å²) in [6.07, 6.45) is 5.13. The third kappa shape index (κ3) is 11.7. The fourth-order valence-corrected chi connectivity index (χ4v) is 4.02. The van der Waals surface area contributed by atoms with Crippen molar-refractivity contribution < 1.29 is 18.7 Å². The first-order valence-corrected chi connectivity index (χ1v) is 13.9. The van der Waals surface area contributed by atoms with Gasteiger partial charge in [0.1, 0.15) is 5.69 Å². The normalized spacial score (nSPS) is 13.0. The first-order chi connectivity index (χ1) is 19.1. The Morgan fingerprint density at radius 3 is 2.20 bits per heavy atom. The highest BCUT2D eigenvalue weighted by atomic mass is 19.3. The Morgan fingerprint density at radius 2 is 1.70 bits per heavy atom. The van der Waals surface area contributed by atoms with Crippen LogP contribution in [0.1, 0.15) is 90.1 Å². The smallest absolute Gasteiger partial charge is 0.290 e. The van der Waals surface area contributed by atoms with Crippen LogP contribution in [0.15, 0.2) is 41.0 Å². The van der Waals surface area contributed by atoms with Gasteiger partial charge in [-0.05, 0) is 43.4 Å².